The third kappa shape index (κ3) is 7.56. The van der Waals surface area contributed by atoms with Crippen molar-refractivity contribution in [3.8, 4) is 5.75 Å². The molecule has 40 heavy (non-hydrogen) atoms. The van der Waals surface area contributed by atoms with Crippen molar-refractivity contribution in [2.45, 2.75) is 19.9 Å². The summed E-state index contributed by atoms with van der Waals surface area (Å²) in [4.78, 5) is 46.8. The second-order valence-corrected chi connectivity index (χ2v) is 8.34. The largest absolute Gasteiger partial charge is 0.494 e. The van der Waals surface area contributed by atoms with Gasteiger partial charge in [0, 0.05) is 32.1 Å². The number of nitrogens with zero attached hydrogens (tertiary/aromatic N) is 5. The van der Waals surface area contributed by atoms with E-state index in [4.69, 9.17) is 9.47 Å². The van der Waals surface area contributed by atoms with Crippen LogP contribution in [0.2, 0.25) is 0 Å². The number of hydrogen-bond acceptors (Lipinski definition) is 11. The fraction of sp³-hybridized carbons (Fsp3) is 0.231. The molecule has 0 bridgehead atoms. The lowest BCUT2D eigenvalue weighted by atomic mass is 10.1. The van der Waals surface area contributed by atoms with Crippen LogP contribution in [0, 0.1) is 20.2 Å². The van der Waals surface area contributed by atoms with Crippen molar-refractivity contribution in [3.63, 3.8) is 0 Å². The molecular formula is C26H26N6O8. The molecule has 14 heteroatoms. The van der Waals surface area contributed by atoms with E-state index < -0.39 is 33.1 Å². The molecule has 0 heterocycles. The molecule has 208 valence electrons. The highest BCUT2D eigenvalue weighted by atomic mass is 16.6. The first-order valence-corrected chi connectivity index (χ1v) is 11.8. The van der Waals surface area contributed by atoms with Crippen molar-refractivity contribution in [3.05, 3.63) is 86.5 Å². The molecule has 3 aromatic carbocycles. The van der Waals surface area contributed by atoms with Gasteiger partial charge in [-0.2, -0.15) is 0 Å². The van der Waals surface area contributed by atoms with Gasteiger partial charge in [0.1, 0.15) is 11.4 Å². The lowest BCUT2D eigenvalue weighted by Crippen LogP contribution is -2.26. The zero-order valence-electron chi connectivity index (χ0n) is 21.9. The molecule has 0 unspecified atom stereocenters. The maximum atomic E-state index is 12.0. The number of methoxy groups -OCH3 is 2. The molecule has 0 saturated carbocycles. The Morgan fingerprint density at radius 1 is 0.950 bits per heavy atom. The van der Waals surface area contributed by atoms with Gasteiger partial charge in [0.05, 0.1) is 47.9 Å². The van der Waals surface area contributed by atoms with Gasteiger partial charge in [0.15, 0.2) is 5.69 Å². The topological polar surface area (TPSA) is 179 Å². The molecular weight excluding hydrogens is 524 g/mol. The van der Waals surface area contributed by atoms with E-state index in [1.54, 1.807) is 6.07 Å². The standard InChI is InChI=1S/C26H26N6O8/c1-17(33)27-21-14-24(30(12-11-26(34)40-3)16-18-7-5-4-6-8-18)25(39-2)15-22(21)29-28-20-10-9-19(31(35)36)13-23(20)32(37)38/h4-10,13-15H,11-12,16H2,1-3H3,(H,27,33). The number of amides is 1. The number of esters is 1. The molecule has 0 aliphatic carbocycles. The smallest absolute Gasteiger partial charge is 0.307 e. The van der Waals surface area contributed by atoms with Crippen LogP contribution in [0.15, 0.2) is 70.9 Å². The van der Waals surface area contributed by atoms with E-state index in [0.29, 0.717) is 18.0 Å². The molecule has 3 aromatic rings. The molecule has 14 nitrogen and oxygen atoms in total. The molecule has 0 radical (unpaired) electrons. The Balaban J connectivity index is 2.09. The number of ether oxygens (including phenoxy) is 2. The van der Waals surface area contributed by atoms with E-state index in [1.807, 2.05) is 35.2 Å². The predicted molar refractivity (Wildman–Crippen MR) is 145 cm³/mol. The molecule has 1 amide bonds. The van der Waals surface area contributed by atoms with Crippen LogP contribution in [0.25, 0.3) is 0 Å². The molecule has 0 aliphatic heterocycles. The summed E-state index contributed by atoms with van der Waals surface area (Å²) in [6.07, 6.45) is 0.0766. The van der Waals surface area contributed by atoms with E-state index in [2.05, 4.69) is 15.5 Å². The van der Waals surface area contributed by atoms with Gasteiger partial charge in [0.2, 0.25) is 5.91 Å². The third-order valence-corrected chi connectivity index (χ3v) is 5.61. The molecule has 0 saturated heterocycles. The van der Waals surface area contributed by atoms with Gasteiger partial charge in [0.25, 0.3) is 5.69 Å². The van der Waals surface area contributed by atoms with E-state index in [9.17, 15) is 29.8 Å². The fourth-order valence-corrected chi connectivity index (χ4v) is 3.72. The Hall–Kier alpha value is -5.40. The number of nitro groups is 2. The Morgan fingerprint density at radius 3 is 2.25 bits per heavy atom. The van der Waals surface area contributed by atoms with Crippen LogP contribution in [0.1, 0.15) is 18.9 Å². The Labute approximate surface area is 228 Å². The molecule has 0 spiro atoms. The quantitative estimate of drug-likeness (QED) is 0.133. The number of nitrogens with one attached hydrogen (secondary N) is 1. The number of carbonyl (C=O) groups excluding carboxylic acids is 2. The van der Waals surface area contributed by atoms with Gasteiger partial charge in [-0.05, 0) is 17.7 Å². The van der Waals surface area contributed by atoms with Crippen molar-refractivity contribution in [2.75, 3.05) is 31.0 Å². The zero-order chi connectivity index (χ0) is 29.2. The van der Waals surface area contributed by atoms with E-state index in [-0.39, 0.29) is 30.0 Å². The average molecular weight is 551 g/mol. The van der Waals surface area contributed by atoms with Crippen LogP contribution in [-0.4, -0.2) is 42.5 Å². The van der Waals surface area contributed by atoms with Crippen LogP contribution in [0.3, 0.4) is 0 Å². The SMILES string of the molecule is COC(=O)CCN(Cc1ccccc1)c1cc(NC(C)=O)c(N=Nc2ccc([N+](=O)[O-])cc2[N+](=O)[O-])cc1OC. The maximum Gasteiger partial charge on any atom is 0.307 e. The second kappa shape index (κ2) is 13.4. The summed E-state index contributed by atoms with van der Waals surface area (Å²) in [7, 11) is 2.73. The van der Waals surface area contributed by atoms with Gasteiger partial charge in [-0.1, -0.05) is 30.3 Å². The van der Waals surface area contributed by atoms with Gasteiger partial charge < -0.3 is 19.7 Å². The Morgan fingerprint density at radius 2 is 1.65 bits per heavy atom. The number of non-ortho nitro benzene ring substituents is 1. The minimum absolute atomic E-state index is 0.0766. The van der Waals surface area contributed by atoms with Crippen LogP contribution in [-0.2, 0) is 20.9 Å². The summed E-state index contributed by atoms with van der Waals surface area (Å²) in [5.41, 5.74) is 0.490. The van der Waals surface area contributed by atoms with Crippen LogP contribution in [0.5, 0.6) is 5.75 Å². The number of nitro benzene ring substituents is 2. The van der Waals surface area contributed by atoms with Crippen molar-refractivity contribution in [1.82, 2.24) is 0 Å². The van der Waals surface area contributed by atoms with Crippen molar-refractivity contribution < 1.29 is 28.9 Å². The second-order valence-electron chi connectivity index (χ2n) is 8.34. The number of benzene rings is 3. The summed E-state index contributed by atoms with van der Waals surface area (Å²) in [6.45, 7) is 1.95. The first-order valence-electron chi connectivity index (χ1n) is 11.8. The lowest BCUT2D eigenvalue weighted by molar-refractivity contribution is -0.393. The monoisotopic (exact) mass is 550 g/mol. The first kappa shape index (κ1) is 29.2. The minimum Gasteiger partial charge on any atom is -0.494 e. The summed E-state index contributed by atoms with van der Waals surface area (Å²) in [6, 6.07) is 15.5. The van der Waals surface area contributed by atoms with Crippen LogP contribution < -0.4 is 15.0 Å². The summed E-state index contributed by atoms with van der Waals surface area (Å²) < 4.78 is 10.4. The van der Waals surface area contributed by atoms with Crippen molar-refractivity contribution in [2.24, 2.45) is 10.2 Å². The van der Waals surface area contributed by atoms with E-state index in [1.165, 1.54) is 27.2 Å². The predicted octanol–water partition coefficient (Wildman–Crippen LogP) is 5.46. The summed E-state index contributed by atoms with van der Waals surface area (Å²) >= 11 is 0. The molecule has 0 aromatic heterocycles. The van der Waals surface area contributed by atoms with Crippen LogP contribution >= 0.6 is 0 Å². The average Bonchev–Trinajstić information content (AvgIpc) is 2.94. The Bertz CT molecular complexity index is 1440. The first-order chi connectivity index (χ1) is 19.1. The third-order valence-electron chi connectivity index (χ3n) is 5.61. The number of carbonyl (C=O) groups is 2. The molecule has 3 rings (SSSR count). The highest BCUT2D eigenvalue weighted by molar-refractivity contribution is 5.94. The number of azo groups is 1. The van der Waals surface area contributed by atoms with Crippen molar-refractivity contribution in [1.29, 1.82) is 0 Å². The molecule has 0 fully saturated rings. The van der Waals surface area contributed by atoms with Crippen LogP contribution in [0.4, 0.5) is 34.1 Å². The van der Waals surface area contributed by atoms with Gasteiger partial charge in [-0.15, -0.1) is 10.2 Å². The lowest BCUT2D eigenvalue weighted by Gasteiger charge is -2.27. The van der Waals surface area contributed by atoms with Gasteiger partial charge in [-0.3, -0.25) is 29.8 Å². The summed E-state index contributed by atoms with van der Waals surface area (Å²) in [5, 5.41) is 33.2. The Kier molecular flexibility index (Phi) is 9.78. The number of anilines is 2. The fourth-order valence-electron chi connectivity index (χ4n) is 3.72. The minimum atomic E-state index is -0.803. The van der Waals surface area contributed by atoms with E-state index in [0.717, 1.165) is 23.8 Å². The van der Waals surface area contributed by atoms with Gasteiger partial charge in [-0.25, -0.2) is 0 Å². The number of hydrogen-bond donors (Lipinski definition) is 1. The molecule has 0 atom stereocenters. The highest BCUT2D eigenvalue weighted by Crippen LogP contribution is 2.41. The molecule has 0 aliphatic rings. The normalized spacial score (nSPS) is 10.7. The van der Waals surface area contributed by atoms with Crippen molar-refractivity contribution >= 4 is 46.0 Å². The maximum absolute atomic E-state index is 12.0. The van der Waals surface area contributed by atoms with E-state index >= 15 is 0 Å². The van der Waals surface area contributed by atoms with Gasteiger partial charge >= 0.3 is 11.7 Å². The zero-order valence-corrected chi connectivity index (χ0v) is 21.9. The molecule has 1 N–H and O–H groups in total. The number of rotatable bonds is 12. The summed E-state index contributed by atoms with van der Waals surface area (Å²) in [5.74, 6) is -0.505. The highest BCUT2D eigenvalue weighted by Gasteiger charge is 2.21.